The van der Waals surface area contributed by atoms with E-state index in [0.717, 1.165) is 16.7 Å². The normalized spacial score (nSPS) is 16.1. The first kappa shape index (κ1) is 18.7. The number of rotatable bonds is 6. The van der Waals surface area contributed by atoms with Gasteiger partial charge in [0.15, 0.2) is 11.7 Å². The van der Waals surface area contributed by atoms with Crippen LogP contribution in [0, 0.1) is 6.92 Å². The standard InChI is InChI=1S/C21H18N6O2/c1-14-5-4-6-16(11-14)19-21(27-26-18-7-2-3-10-22-18)25-20(24-19)17-9-8-15(12-23-17)13-29-28/h2-12,21,28H,13H2,1H3. The first-order valence-corrected chi connectivity index (χ1v) is 9.00. The Morgan fingerprint density at radius 1 is 1.07 bits per heavy atom. The van der Waals surface area contributed by atoms with Gasteiger partial charge >= 0.3 is 0 Å². The number of aromatic nitrogens is 2. The molecule has 1 atom stereocenters. The van der Waals surface area contributed by atoms with Gasteiger partial charge in [-0.3, -0.25) is 10.2 Å². The van der Waals surface area contributed by atoms with E-state index in [-0.39, 0.29) is 6.61 Å². The third-order valence-corrected chi connectivity index (χ3v) is 4.23. The maximum absolute atomic E-state index is 8.57. The lowest BCUT2D eigenvalue weighted by Crippen LogP contribution is -2.13. The van der Waals surface area contributed by atoms with Crippen LogP contribution in [0.5, 0.6) is 0 Å². The highest BCUT2D eigenvalue weighted by Gasteiger charge is 2.25. The van der Waals surface area contributed by atoms with Gasteiger partial charge in [-0.25, -0.2) is 19.9 Å². The minimum atomic E-state index is -0.587. The van der Waals surface area contributed by atoms with Crippen LogP contribution < -0.4 is 0 Å². The molecule has 3 aromatic rings. The summed E-state index contributed by atoms with van der Waals surface area (Å²) in [6, 6.07) is 17.0. The Morgan fingerprint density at radius 3 is 2.72 bits per heavy atom. The van der Waals surface area contributed by atoms with Gasteiger partial charge in [0.1, 0.15) is 12.3 Å². The van der Waals surface area contributed by atoms with Gasteiger partial charge in [0, 0.05) is 18.0 Å². The number of pyridine rings is 2. The minimum absolute atomic E-state index is 0.0679. The molecule has 0 fully saturated rings. The van der Waals surface area contributed by atoms with Crippen LogP contribution in [0.4, 0.5) is 5.82 Å². The zero-order valence-electron chi connectivity index (χ0n) is 15.7. The third-order valence-electron chi connectivity index (χ3n) is 4.23. The van der Waals surface area contributed by atoms with Crippen molar-refractivity contribution >= 4 is 17.4 Å². The van der Waals surface area contributed by atoms with E-state index in [1.165, 1.54) is 0 Å². The van der Waals surface area contributed by atoms with Crippen molar-refractivity contribution in [3.8, 4) is 0 Å². The van der Waals surface area contributed by atoms with E-state index in [4.69, 9.17) is 5.26 Å². The molecular formula is C21H18N6O2. The highest BCUT2D eigenvalue weighted by molar-refractivity contribution is 6.18. The topological polar surface area (TPSA) is 105 Å². The molecule has 0 bridgehead atoms. The Hall–Kier alpha value is -3.62. The summed E-state index contributed by atoms with van der Waals surface area (Å²) in [5.41, 5.74) is 4.09. The molecule has 29 heavy (non-hydrogen) atoms. The van der Waals surface area contributed by atoms with Crippen molar-refractivity contribution in [2.24, 2.45) is 20.2 Å². The molecule has 1 aromatic carbocycles. The Kier molecular flexibility index (Phi) is 5.55. The minimum Gasteiger partial charge on any atom is -0.253 e. The number of nitrogens with zero attached hydrogens (tertiary/aromatic N) is 6. The SMILES string of the molecule is Cc1cccc(C2=NC(c3ccc(COO)cn3)=NC2N=Nc2ccccn2)c1. The predicted octanol–water partition coefficient (Wildman–Crippen LogP) is 4.13. The van der Waals surface area contributed by atoms with Crippen molar-refractivity contribution in [1.82, 2.24) is 9.97 Å². The van der Waals surface area contributed by atoms with Crippen molar-refractivity contribution in [1.29, 1.82) is 0 Å². The molecule has 4 rings (SSSR count). The van der Waals surface area contributed by atoms with Gasteiger partial charge in [0.25, 0.3) is 0 Å². The third kappa shape index (κ3) is 4.45. The van der Waals surface area contributed by atoms with E-state index in [0.29, 0.717) is 23.1 Å². The summed E-state index contributed by atoms with van der Waals surface area (Å²) < 4.78 is 0. The van der Waals surface area contributed by atoms with Crippen LogP contribution >= 0.6 is 0 Å². The van der Waals surface area contributed by atoms with Crippen LogP contribution in [0.2, 0.25) is 0 Å². The van der Waals surface area contributed by atoms with E-state index in [1.807, 2.05) is 43.3 Å². The molecule has 0 amide bonds. The molecule has 2 aromatic heterocycles. The quantitative estimate of drug-likeness (QED) is 0.390. The summed E-state index contributed by atoms with van der Waals surface area (Å²) >= 11 is 0. The second-order valence-corrected chi connectivity index (χ2v) is 6.42. The largest absolute Gasteiger partial charge is 0.253 e. The summed E-state index contributed by atoms with van der Waals surface area (Å²) in [4.78, 5) is 22.0. The van der Waals surface area contributed by atoms with E-state index in [9.17, 15) is 0 Å². The lowest BCUT2D eigenvalue weighted by atomic mass is 10.1. The lowest BCUT2D eigenvalue weighted by molar-refractivity contribution is -0.253. The average molecular weight is 386 g/mol. The molecule has 1 aliphatic heterocycles. The van der Waals surface area contributed by atoms with Crippen molar-refractivity contribution in [3.05, 3.63) is 89.4 Å². The monoisotopic (exact) mass is 386 g/mol. The molecule has 0 saturated carbocycles. The molecule has 0 aliphatic carbocycles. The number of aryl methyl sites for hydroxylation is 1. The van der Waals surface area contributed by atoms with Crippen molar-refractivity contribution in [2.45, 2.75) is 19.7 Å². The molecule has 0 saturated heterocycles. The average Bonchev–Trinajstić information content (AvgIpc) is 3.18. The van der Waals surface area contributed by atoms with Crippen LogP contribution in [-0.4, -0.2) is 32.9 Å². The van der Waals surface area contributed by atoms with Crippen LogP contribution in [0.15, 0.2) is 87.2 Å². The number of hydrogen-bond donors (Lipinski definition) is 1. The smallest absolute Gasteiger partial charge is 0.205 e. The highest BCUT2D eigenvalue weighted by Crippen LogP contribution is 2.21. The lowest BCUT2D eigenvalue weighted by Gasteiger charge is -2.06. The van der Waals surface area contributed by atoms with Crippen LogP contribution in [0.1, 0.15) is 22.4 Å². The van der Waals surface area contributed by atoms with Crippen LogP contribution in [0.25, 0.3) is 0 Å². The fraction of sp³-hybridized carbons (Fsp3) is 0.143. The number of amidine groups is 1. The molecule has 1 unspecified atom stereocenters. The molecule has 1 aliphatic rings. The maximum Gasteiger partial charge on any atom is 0.205 e. The molecule has 144 valence electrons. The Labute approximate surface area is 167 Å². The molecular weight excluding hydrogens is 368 g/mol. The summed E-state index contributed by atoms with van der Waals surface area (Å²) in [7, 11) is 0. The Balaban J connectivity index is 1.68. The highest BCUT2D eigenvalue weighted by atomic mass is 17.1. The fourth-order valence-electron chi connectivity index (χ4n) is 2.84. The summed E-state index contributed by atoms with van der Waals surface area (Å²) in [5.74, 6) is 0.981. The van der Waals surface area contributed by atoms with Crippen LogP contribution in [-0.2, 0) is 11.5 Å². The summed E-state index contributed by atoms with van der Waals surface area (Å²) in [6.45, 7) is 2.09. The van der Waals surface area contributed by atoms with E-state index < -0.39 is 6.17 Å². The van der Waals surface area contributed by atoms with E-state index in [1.54, 1.807) is 30.6 Å². The molecule has 8 heteroatoms. The fourth-order valence-corrected chi connectivity index (χ4v) is 2.84. The zero-order chi connectivity index (χ0) is 20.1. The predicted molar refractivity (Wildman–Crippen MR) is 108 cm³/mol. The van der Waals surface area contributed by atoms with Crippen molar-refractivity contribution in [2.75, 3.05) is 0 Å². The molecule has 1 N–H and O–H groups in total. The van der Waals surface area contributed by atoms with Gasteiger partial charge in [-0.1, -0.05) is 42.0 Å². The van der Waals surface area contributed by atoms with Crippen molar-refractivity contribution in [3.63, 3.8) is 0 Å². The number of aliphatic imine (C=N–C) groups is 2. The molecule has 3 heterocycles. The Bertz CT molecular complexity index is 1080. The van der Waals surface area contributed by atoms with Crippen molar-refractivity contribution < 1.29 is 10.1 Å². The Morgan fingerprint density at radius 2 is 2.00 bits per heavy atom. The molecule has 0 radical (unpaired) electrons. The molecule has 8 nitrogen and oxygen atoms in total. The first-order valence-electron chi connectivity index (χ1n) is 9.00. The van der Waals surface area contributed by atoms with Crippen LogP contribution in [0.3, 0.4) is 0 Å². The van der Waals surface area contributed by atoms with E-state index >= 15 is 0 Å². The second kappa shape index (κ2) is 8.59. The summed E-state index contributed by atoms with van der Waals surface area (Å²) in [5, 5.41) is 17.2. The van der Waals surface area contributed by atoms with Gasteiger partial charge in [-0.05, 0) is 30.7 Å². The summed E-state index contributed by atoms with van der Waals surface area (Å²) in [6.07, 6.45) is 2.68. The van der Waals surface area contributed by atoms with Gasteiger partial charge in [-0.2, -0.15) is 5.11 Å². The van der Waals surface area contributed by atoms with Gasteiger partial charge in [0.05, 0.1) is 5.71 Å². The second-order valence-electron chi connectivity index (χ2n) is 6.42. The molecule has 0 spiro atoms. The van der Waals surface area contributed by atoms with E-state index in [2.05, 4.69) is 35.1 Å². The number of benzene rings is 1. The van der Waals surface area contributed by atoms with Gasteiger partial charge < -0.3 is 0 Å². The number of hydrogen-bond acceptors (Lipinski definition) is 8. The first-order chi connectivity index (χ1) is 14.2. The van der Waals surface area contributed by atoms with Gasteiger partial charge in [-0.15, -0.1) is 5.11 Å². The zero-order valence-corrected chi connectivity index (χ0v) is 15.7. The van der Waals surface area contributed by atoms with Gasteiger partial charge in [0.2, 0.25) is 6.17 Å². The number of azo groups is 1. The maximum atomic E-state index is 8.57.